The highest BCUT2D eigenvalue weighted by Gasteiger charge is 2.27. The number of esters is 2. The van der Waals surface area contributed by atoms with Gasteiger partial charge >= 0.3 is 11.9 Å². The smallest absolute Gasteiger partial charge is 0.306 e. The molecule has 0 saturated heterocycles. The molecule has 6 aromatic rings. The van der Waals surface area contributed by atoms with Crippen LogP contribution in [0.1, 0.15) is 128 Å². The first-order valence-corrected chi connectivity index (χ1v) is 25.4. The van der Waals surface area contributed by atoms with Gasteiger partial charge in [0.15, 0.2) is 8.68 Å². The fraction of sp³-hybridized carbons (Fsp3) is 0.462. The molecule has 1 N–H and O–H groups in total. The lowest BCUT2D eigenvalue weighted by Crippen LogP contribution is -2.19. The molecule has 0 amide bonds. The van der Waals surface area contributed by atoms with Gasteiger partial charge < -0.3 is 14.6 Å². The Bertz CT molecular complexity index is 2400. The molecule has 6 rings (SSSR count). The van der Waals surface area contributed by atoms with Gasteiger partial charge in [0.05, 0.1) is 20.4 Å². The van der Waals surface area contributed by atoms with Crippen molar-refractivity contribution in [2.45, 2.75) is 153 Å². The van der Waals surface area contributed by atoms with Crippen molar-refractivity contribution in [3.8, 4) is 5.75 Å². The van der Waals surface area contributed by atoms with E-state index in [0.29, 0.717) is 42.9 Å². The molecule has 0 aliphatic rings. The van der Waals surface area contributed by atoms with Crippen LogP contribution < -0.4 is 0 Å². The summed E-state index contributed by atoms with van der Waals surface area (Å²) in [5.41, 5.74) is 9.82. The highest BCUT2D eigenvalue weighted by molar-refractivity contribution is 8.01. The van der Waals surface area contributed by atoms with Crippen LogP contribution in [-0.2, 0) is 48.1 Å². The van der Waals surface area contributed by atoms with Crippen molar-refractivity contribution in [3.05, 3.63) is 112 Å². The Morgan fingerprint density at radius 1 is 0.619 bits per heavy atom. The number of phenolic OH excluding ortho intramolecular Hbond substituents is 1. The molecule has 0 saturated carbocycles. The molecular formula is C52H66N2O5S4. The van der Waals surface area contributed by atoms with E-state index in [1.807, 2.05) is 62.4 Å². The molecule has 0 spiro atoms. The lowest BCUT2D eigenvalue weighted by Gasteiger charge is -2.28. The fourth-order valence-corrected chi connectivity index (χ4v) is 11.2. The van der Waals surface area contributed by atoms with Crippen molar-refractivity contribution < 1.29 is 24.2 Å². The van der Waals surface area contributed by atoms with Crippen molar-refractivity contribution in [2.24, 2.45) is 0 Å². The number of carbonyl (C=O) groups excluding carboxylic acids is 2. The molecule has 7 nitrogen and oxygen atoms in total. The van der Waals surface area contributed by atoms with Crippen LogP contribution in [0.3, 0.4) is 0 Å². The van der Waals surface area contributed by atoms with E-state index in [2.05, 4.69) is 110 Å². The number of phenols is 1. The number of thiazole rings is 2. The molecule has 2 atom stereocenters. The third kappa shape index (κ3) is 14.6. The quantitative estimate of drug-likeness (QED) is 0.0846. The number of benzene rings is 4. The number of rotatable bonds is 14. The first-order valence-electron chi connectivity index (χ1n) is 21.8. The number of ether oxygens (including phenoxy) is 2. The maximum atomic E-state index is 12.5. The monoisotopic (exact) mass is 926 g/mol. The number of thioether (sulfide) groups is 2. The van der Waals surface area contributed by atoms with E-state index in [-0.39, 0.29) is 40.4 Å². The number of aromatic nitrogens is 2. The summed E-state index contributed by atoms with van der Waals surface area (Å²) in [6, 6.07) is 24.7. The molecule has 0 aliphatic carbocycles. The van der Waals surface area contributed by atoms with Crippen molar-refractivity contribution in [1.29, 1.82) is 0 Å². The minimum atomic E-state index is -0.199. The highest BCUT2D eigenvalue weighted by Crippen LogP contribution is 2.40. The van der Waals surface area contributed by atoms with Gasteiger partial charge in [0.2, 0.25) is 0 Å². The molecule has 11 heteroatoms. The summed E-state index contributed by atoms with van der Waals surface area (Å²) in [6.07, 6.45) is 1.68. The number of aryl methyl sites for hydroxylation is 3. The maximum Gasteiger partial charge on any atom is 0.306 e. The van der Waals surface area contributed by atoms with Crippen LogP contribution in [0.4, 0.5) is 0 Å². The van der Waals surface area contributed by atoms with Gasteiger partial charge in [-0.3, -0.25) is 9.59 Å². The van der Waals surface area contributed by atoms with E-state index in [9.17, 15) is 14.7 Å². The van der Waals surface area contributed by atoms with Gasteiger partial charge in [-0.25, -0.2) is 9.97 Å². The molecule has 63 heavy (non-hydrogen) atoms. The predicted octanol–water partition coefficient (Wildman–Crippen LogP) is 14.1. The minimum absolute atomic E-state index is 0.0950. The van der Waals surface area contributed by atoms with Gasteiger partial charge in [0.1, 0.15) is 18.0 Å². The van der Waals surface area contributed by atoms with Crippen LogP contribution in [0.25, 0.3) is 20.4 Å². The van der Waals surface area contributed by atoms with Crippen LogP contribution in [0.5, 0.6) is 5.75 Å². The third-order valence-corrected chi connectivity index (χ3v) is 15.5. The molecule has 2 heterocycles. The average Bonchev–Trinajstić information content (AvgIpc) is 3.82. The Morgan fingerprint density at radius 3 is 1.40 bits per heavy atom. The summed E-state index contributed by atoms with van der Waals surface area (Å²) in [4.78, 5) is 34.1. The highest BCUT2D eigenvalue weighted by atomic mass is 32.2. The number of fused-ring (bicyclic) bond motifs is 2. The lowest BCUT2D eigenvalue weighted by molar-refractivity contribution is -0.148. The molecule has 338 valence electrons. The Balaban J connectivity index is 0.000000239. The van der Waals surface area contributed by atoms with Gasteiger partial charge in [-0.05, 0) is 120 Å². The molecule has 0 bridgehead atoms. The van der Waals surface area contributed by atoms with E-state index in [1.165, 1.54) is 31.7 Å². The molecular weight excluding hydrogens is 861 g/mol. The zero-order chi connectivity index (χ0) is 46.3. The number of hydrogen-bond acceptors (Lipinski definition) is 11. The topological polar surface area (TPSA) is 98.6 Å². The number of para-hydroxylation sites is 2. The average molecular weight is 927 g/mol. The Hall–Kier alpha value is -3.90. The SMILES string of the molecule is CC(CSc1nc2ccccc2s1)OC(=O)CCc1cc(C(C)(C)C)c(O)c(C(C)(C)C)c1.Cc1cc(CCC(=O)OC(C)CSc2nc3ccccc3s2)cc(C(C)(C)C)c1C. The van der Waals surface area contributed by atoms with Crippen molar-refractivity contribution >= 4 is 78.6 Å². The maximum absolute atomic E-state index is 12.5. The second-order valence-electron chi connectivity index (χ2n) is 19.5. The lowest BCUT2D eigenvalue weighted by atomic mass is 9.78. The van der Waals surface area contributed by atoms with Crippen molar-refractivity contribution in [3.63, 3.8) is 0 Å². The van der Waals surface area contributed by atoms with Crippen molar-refractivity contribution in [2.75, 3.05) is 11.5 Å². The van der Waals surface area contributed by atoms with Crippen LogP contribution >= 0.6 is 46.2 Å². The number of carbonyl (C=O) groups is 2. The summed E-state index contributed by atoms with van der Waals surface area (Å²) in [6.45, 7) is 27.5. The molecule has 0 aliphatic heterocycles. The van der Waals surface area contributed by atoms with E-state index in [0.717, 1.165) is 36.4 Å². The first-order chi connectivity index (χ1) is 29.5. The number of nitrogens with zero attached hydrogens (tertiary/aromatic N) is 2. The van der Waals surface area contributed by atoms with Gasteiger partial charge in [-0.15, -0.1) is 22.7 Å². The Morgan fingerprint density at radius 2 is 1.00 bits per heavy atom. The van der Waals surface area contributed by atoms with Crippen molar-refractivity contribution in [1.82, 2.24) is 9.97 Å². The van der Waals surface area contributed by atoms with E-state index in [4.69, 9.17) is 9.47 Å². The third-order valence-electron chi connectivity index (χ3n) is 10.7. The molecule has 4 aromatic carbocycles. The van der Waals surface area contributed by atoms with Gasteiger partial charge in [-0.1, -0.05) is 134 Å². The summed E-state index contributed by atoms with van der Waals surface area (Å²) >= 11 is 6.62. The van der Waals surface area contributed by atoms with E-state index >= 15 is 0 Å². The summed E-state index contributed by atoms with van der Waals surface area (Å²) in [5.74, 6) is 1.41. The standard InChI is InChI=1S/C27H35NO3S2.C25H31NO2S2/c1-17(16-32-25-28-21-10-8-9-11-22(21)33-25)31-23(29)13-12-18-14-19(26(2,3)4)24(30)20(15-18)27(5,6)7;1-16-13-19(14-20(18(16)3)25(4,5)6)11-12-23(27)28-17(2)15-29-24-26-21-9-7-8-10-22(21)30-24/h8-11,14-15,17,30H,12-13,16H2,1-7H3;7-10,13-14,17H,11-12,15H2,1-6H3. The Labute approximate surface area is 392 Å². The summed E-state index contributed by atoms with van der Waals surface area (Å²) in [5, 5.41) is 10.9. The van der Waals surface area contributed by atoms with E-state index < -0.39 is 0 Å². The summed E-state index contributed by atoms with van der Waals surface area (Å²) in [7, 11) is 0. The summed E-state index contributed by atoms with van der Waals surface area (Å²) < 4.78 is 15.7. The van der Waals surface area contributed by atoms with Crippen LogP contribution in [0.15, 0.2) is 81.5 Å². The molecule has 0 fully saturated rings. The number of hydrogen-bond donors (Lipinski definition) is 1. The first kappa shape index (κ1) is 50.1. The normalized spacial score (nSPS) is 13.1. The van der Waals surface area contributed by atoms with Crippen LogP contribution in [0.2, 0.25) is 0 Å². The predicted molar refractivity (Wildman–Crippen MR) is 269 cm³/mol. The Kier molecular flexibility index (Phi) is 17.0. The second kappa shape index (κ2) is 21.4. The zero-order valence-corrected chi connectivity index (χ0v) is 42.7. The van der Waals surface area contributed by atoms with Gasteiger partial charge in [0, 0.05) is 24.3 Å². The van der Waals surface area contributed by atoms with Gasteiger partial charge in [-0.2, -0.15) is 0 Å². The zero-order valence-electron chi connectivity index (χ0n) is 39.4. The minimum Gasteiger partial charge on any atom is -0.507 e. The van der Waals surface area contributed by atoms with E-state index in [1.54, 1.807) is 46.2 Å². The largest absolute Gasteiger partial charge is 0.507 e. The second-order valence-corrected chi connectivity index (χ2v) is 24.1. The molecule has 2 aromatic heterocycles. The molecule has 2 unspecified atom stereocenters. The van der Waals surface area contributed by atoms with Crippen LogP contribution in [0, 0.1) is 13.8 Å². The number of aromatic hydroxyl groups is 1. The fourth-order valence-electron chi connectivity index (χ4n) is 7.17. The van der Waals surface area contributed by atoms with Crippen LogP contribution in [-0.4, -0.2) is 50.7 Å². The van der Waals surface area contributed by atoms with Gasteiger partial charge in [0.25, 0.3) is 0 Å². The molecule has 0 radical (unpaired) electrons.